The normalized spacial score (nSPS) is 10.7. The van der Waals surface area contributed by atoms with Crippen molar-refractivity contribution in [2.24, 2.45) is 7.05 Å². The maximum absolute atomic E-state index is 12.1. The first-order valence-electron chi connectivity index (χ1n) is 6.06. The van der Waals surface area contributed by atoms with E-state index in [1.165, 1.54) is 0 Å². The molecule has 2 aromatic rings. The summed E-state index contributed by atoms with van der Waals surface area (Å²) in [6.07, 6.45) is 0.704. The van der Waals surface area contributed by atoms with Crippen molar-refractivity contribution in [1.82, 2.24) is 25.3 Å². The van der Waals surface area contributed by atoms with Crippen LogP contribution < -0.4 is 5.32 Å². The summed E-state index contributed by atoms with van der Waals surface area (Å²) in [6.45, 7) is 6.21. The second-order valence-electron chi connectivity index (χ2n) is 4.39. The van der Waals surface area contributed by atoms with Gasteiger partial charge in [0.15, 0.2) is 0 Å². The lowest BCUT2D eigenvalue weighted by atomic mass is 10.2. The highest BCUT2D eigenvalue weighted by Crippen LogP contribution is 2.12. The predicted molar refractivity (Wildman–Crippen MR) is 73.4 cm³/mol. The molecule has 0 aromatic carbocycles. The van der Waals surface area contributed by atoms with E-state index in [0.29, 0.717) is 18.5 Å². The van der Waals surface area contributed by atoms with Gasteiger partial charge in [0.25, 0.3) is 5.91 Å². The molecule has 0 aliphatic rings. The molecular weight excluding hydrogens is 262 g/mol. The molecule has 2 rings (SSSR count). The van der Waals surface area contributed by atoms with Crippen molar-refractivity contribution >= 4 is 17.2 Å². The summed E-state index contributed by atoms with van der Waals surface area (Å²) in [4.78, 5) is 12.1. The number of rotatable bonds is 4. The van der Waals surface area contributed by atoms with Crippen LogP contribution in [0.3, 0.4) is 0 Å². The Kier molecular flexibility index (Phi) is 3.94. The second-order valence-corrected chi connectivity index (χ2v) is 5.66. The van der Waals surface area contributed by atoms with Gasteiger partial charge in [-0.25, -0.2) is 0 Å². The van der Waals surface area contributed by atoms with E-state index in [1.807, 2.05) is 27.8 Å². The standard InChI is InChI=1S/C12H17N5OS/c1-7-11(8(2)17(4)16-7)12(18)13-6-5-10-15-14-9(3)19-10/h5-6H2,1-4H3,(H,13,18). The number of hydrogen-bond donors (Lipinski definition) is 1. The molecule has 102 valence electrons. The Bertz CT molecular complexity index is 601. The van der Waals surface area contributed by atoms with Gasteiger partial charge < -0.3 is 5.32 Å². The van der Waals surface area contributed by atoms with Crippen LogP contribution in [0.2, 0.25) is 0 Å². The quantitative estimate of drug-likeness (QED) is 0.912. The average molecular weight is 279 g/mol. The lowest BCUT2D eigenvalue weighted by Gasteiger charge is -2.04. The Morgan fingerprint density at radius 2 is 2.05 bits per heavy atom. The van der Waals surface area contributed by atoms with E-state index in [4.69, 9.17) is 0 Å². The molecular formula is C12H17N5OS. The van der Waals surface area contributed by atoms with Gasteiger partial charge in [-0.3, -0.25) is 9.48 Å². The largest absolute Gasteiger partial charge is 0.351 e. The molecule has 0 saturated heterocycles. The van der Waals surface area contributed by atoms with Gasteiger partial charge in [0.1, 0.15) is 10.0 Å². The number of hydrogen-bond acceptors (Lipinski definition) is 5. The van der Waals surface area contributed by atoms with Gasteiger partial charge >= 0.3 is 0 Å². The summed E-state index contributed by atoms with van der Waals surface area (Å²) in [7, 11) is 1.84. The first-order valence-corrected chi connectivity index (χ1v) is 6.88. The van der Waals surface area contributed by atoms with Crippen LogP contribution in [-0.2, 0) is 13.5 Å². The minimum atomic E-state index is -0.0793. The topological polar surface area (TPSA) is 72.7 Å². The molecule has 0 bridgehead atoms. The summed E-state index contributed by atoms with van der Waals surface area (Å²) in [5.74, 6) is -0.0793. The molecule has 2 aromatic heterocycles. The number of carbonyl (C=O) groups excluding carboxylic acids is 1. The van der Waals surface area contributed by atoms with E-state index in [-0.39, 0.29) is 5.91 Å². The summed E-state index contributed by atoms with van der Waals surface area (Å²) in [5, 5.41) is 17.0. The number of nitrogens with zero attached hydrogens (tertiary/aromatic N) is 4. The van der Waals surface area contributed by atoms with E-state index in [9.17, 15) is 4.79 Å². The van der Waals surface area contributed by atoms with E-state index >= 15 is 0 Å². The summed E-state index contributed by atoms with van der Waals surface area (Å²) < 4.78 is 1.72. The fourth-order valence-electron chi connectivity index (χ4n) is 1.91. The highest BCUT2D eigenvalue weighted by atomic mass is 32.1. The summed E-state index contributed by atoms with van der Waals surface area (Å²) in [5.41, 5.74) is 2.29. The van der Waals surface area contributed by atoms with Crippen molar-refractivity contribution < 1.29 is 4.79 Å². The highest BCUT2D eigenvalue weighted by molar-refractivity contribution is 7.11. The summed E-state index contributed by atoms with van der Waals surface area (Å²) >= 11 is 1.56. The first kappa shape index (κ1) is 13.7. The maximum Gasteiger partial charge on any atom is 0.255 e. The number of aromatic nitrogens is 4. The van der Waals surface area contributed by atoms with Crippen LogP contribution in [0.5, 0.6) is 0 Å². The Balaban J connectivity index is 1.94. The Labute approximate surface area is 115 Å². The number of aryl methyl sites for hydroxylation is 3. The van der Waals surface area contributed by atoms with E-state index in [2.05, 4.69) is 20.6 Å². The average Bonchev–Trinajstić information content (AvgIpc) is 2.84. The predicted octanol–water partition coefficient (Wildman–Crippen LogP) is 1.17. The molecule has 0 radical (unpaired) electrons. The van der Waals surface area contributed by atoms with Crippen LogP contribution in [0.4, 0.5) is 0 Å². The van der Waals surface area contributed by atoms with Crippen LogP contribution in [0.15, 0.2) is 0 Å². The Hall–Kier alpha value is -1.76. The second kappa shape index (κ2) is 5.48. The van der Waals surface area contributed by atoms with Crippen LogP contribution in [-0.4, -0.2) is 32.4 Å². The van der Waals surface area contributed by atoms with Gasteiger partial charge in [-0.1, -0.05) is 0 Å². The molecule has 0 spiro atoms. The van der Waals surface area contributed by atoms with Gasteiger partial charge in [0.05, 0.1) is 11.3 Å². The zero-order valence-corrected chi connectivity index (χ0v) is 12.3. The fraction of sp³-hybridized carbons (Fsp3) is 0.500. The van der Waals surface area contributed by atoms with Crippen LogP contribution in [0.1, 0.15) is 31.8 Å². The van der Waals surface area contributed by atoms with Crippen molar-refractivity contribution in [3.05, 3.63) is 27.0 Å². The van der Waals surface area contributed by atoms with E-state index in [1.54, 1.807) is 16.0 Å². The van der Waals surface area contributed by atoms with Gasteiger partial charge in [-0.2, -0.15) is 5.10 Å². The lowest BCUT2D eigenvalue weighted by molar-refractivity contribution is 0.0953. The molecule has 0 saturated carbocycles. The Morgan fingerprint density at radius 3 is 2.58 bits per heavy atom. The summed E-state index contributed by atoms with van der Waals surface area (Å²) in [6, 6.07) is 0. The molecule has 19 heavy (non-hydrogen) atoms. The number of amides is 1. The van der Waals surface area contributed by atoms with Gasteiger partial charge in [0.2, 0.25) is 0 Å². The molecule has 2 heterocycles. The van der Waals surface area contributed by atoms with Crippen LogP contribution in [0.25, 0.3) is 0 Å². The molecule has 0 aliphatic carbocycles. The van der Waals surface area contributed by atoms with Crippen molar-refractivity contribution in [1.29, 1.82) is 0 Å². The molecule has 6 nitrogen and oxygen atoms in total. The third-order valence-corrected chi connectivity index (χ3v) is 3.83. The van der Waals surface area contributed by atoms with Gasteiger partial charge in [0, 0.05) is 25.7 Å². The molecule has 1 amide bonds. The molecule has 7 heteroatoms. The SMILES string of the molecule is Cc1nnc(CCNC(=O)c2c(C)nn(C)c2C)s1. The van der Waals surface area contributed by atoms with Gasteiger partial charge in [-0.05, 0) is 20.8 Å². The van der Waals surface area contributed by atoms with Crippen LogP contribution >= 0.6 is 11.3 Å². The maximum atomic E-state index is 12.1. The zero-order valence-electron chi connectivity index (χ0n) is 11.5. The van der Waals surface area contributed by atoms with Crippen LogP contribution in [0, 0.1) is 20.8 Å². The Morgan fingerprint density at radius 1 is 1.32 bits per heavy atom. The van der Waals surface area contributed by atoms with Crippen molar-refractivity contribution in [2.75, 3.05) is 6.54 Å². The number of carbonyl (C=O) groups is 1. The third kappa shape index (κ3) is 2.98. The molecule has 0 fully saturated rings. The van der Waals surface area contributed by atoms with E-state index in [0.717, 1.165) is 21.4 Å². The molecule has 1 N–H and O–H groups in total. The smallest absolute Gasteiger partial charge is 0.255 e. The molecule has 0 atom stereocenters. The first-order chi connectivity index (χ1) is 8.99. The highest BCUT2D eigenvalue weighted by Gasteiger charge is 2.16. The minimum Gasteiger partial charge on any atom is -0.351 e. The number of nitrogens with one attached hydrogen (secondary N) is 1. The van der Waals surface area contributed by atoms with E-state index < -0.39 is 0 Å². The monoisotopic (exact) mass is 279 g/mol. The van der Waals surface area contributed by atoms with Gasteiger partial charge in [-0.15, -0.1) is 21.5 Å². The minimum absolute atomic E-state index is 0.0793. The third-order valence-electron chi connectivity index (χ3n) is 2.93. The lowest BCUT2D eigenvalue weighted by Crippen LogP contribution is -2.26. The fourth-order valence-corrected chi connectivity index (χ4v) is 2.62. The van der Waals surface area contributed by atoms with Crippen molar-refractivity contribution in [3.63, 3.8) is 0 Å². The zero-order chi connectivity index (χ0) is 14.0. The van der Waals surface area contributed by atoms with Crippen molar-refractivity contribution in [3.8, 4) is 0 Å². The van der Waals surface area contributed by atoms with Crippen molar-refractivity contribution in [2.45, 2.75) is 27.2 Å². The molecule has 0 unspecified atom stereocenters. The molecule has 0 aliphatic heterocycles.